The Bertz CT molecular complexity index is 734. The molecule has 0 aromatic heterocycles. The van der Waals surface area contributed by atoms with Crippen molar-refractivity contribution >= 4 is 11.8 Å². The lowest BCUT2D eigenvalue weighted by Gasteiger charge is -2.23. The molecule has 0 aliphatic heterocycles. The first-order valence-electron chi connectivity index (χ1n) is 8.89. The van der Waals surface area contributed by atoms with Gasteiger partial charge >= 0.3 is 0 Å². The average molecular weight is 356 g/mol. The molecule has 0 saturated heterocycles. The highest BCUT2D eigenvalue weighted by molar-refractivity contribution is 5.97. The number of benzene rings is 2. The maximum atomic E-state index is 13.2. The summed E-state index contributed by atoms with van der Waals surface area (Å²) in [6, 6.07) is 14.5. The van der Waals surface area contributed by atoms with E-state index < -0.39 is 6.04 Å². The number of amides is 2. The number of nitrogens with one attached hydrogen (secondary N) is 2. The fourth-order valence-corrected chi connectivity index (χ4v) is 2.65. The molecule has 2 N–H and O–H groups in total. The van der Waals surface area contributed by atoms with E-state index in [1.807, 2.05) is 26.0 Å². The SMILES string of the molecule is CCC(C)C(NC(=O)c1ccccc1)C(=O)NCCc1cccc(F)c1. The van der Waals surface area contributed by atoms with Gasteiger partial charge < -0.3 is 10.6 Å². The lowest BCUT2D eigenvalue weighted by Crippen LogP contribution is -2.50. The van der Waals surface area contributed by atoms with Crippen LogP contribution in [0.5, 0.6) is 0 Å². The number of hydrogen-bond donors (Lipinski definition) is 2. The fourth-order valence-electron chi connectivity index (χ4n) is 2.65. The molecule has 2 atom stereocenters. The zero-order valence-electron chi connectivity index (χ0n) is 15.2. The molecule has 2 amide bonds. The summed E-state index contributed by atoms with van der Waals surface area (Å²) in [4.78, 5) is 24.9. The first-order chi connectivity index (χ1) is 12.5. The van der Waals surface area contributed by atoms with Gasteiger partial charge in [0.15, 0.2) is 0 Å². The monoisotopic (exact) mass is 356 g/mol. The van der Waals surface area contributed by atoms with Crippen molar-refractivity contribution in [1.29, 1.82) is 0 Å². The van der Waals surface area contributed by atoms with Crippen LogP contribution in [-0.4, -0.2) is 24.4 Å². The molecule has 0 aliphatic rings. The molecule has 2 aromatic rings. The first-order valence-corrected chi connectivity index (χ1v) is 8.89. The summed E-state index contributed by atoms with van der Waals surface area (Å²) in [7, 11) is 0. The molecule has 0 heterocycles. The van der Waals surface area contributed by atoms with Gasteiger partial charge in [0.25, 0.3) is 5.91 Å². The maximum Gasteiger partial charge on any atom is 0.251 e. The van der Waals surface area contributed by atoms with E-state index in [1.54, 1.807) is 30.3 Å². The molecule has 4 nitrogen and oxygen atoms in total. The van der Waals surface area contributed by atoms with Crippen LogP contribution < -0.4 is 10.6 Å². The van der Waals surface area contributed by atoms with E-state index in [0.717, 1.165) is 12.0 Å². The van der Waals surface area contributed by atoms with Crippen molar-refractivity contribution in [2.75, 3.05) is 6.54 Å². The van der Waals surface area contributed by atoms with Crippen LogP contribution in [0.25, 0.3) is 0 Å². The average Bonchev–Trinajstić information content (AvgIpc) is 2.66. The third-order valence-corrected chi connectivity index (χ3v) is 4.42. The number of rotatable bonds is 8. The van der Waals surface area contributed by atoms with Gasteiger partial charge in [0.1, 0.15) is 11.9 Å². The lowest BCUT2D eigenvalue weighted by atomic mass is 9.97. The van der Waals surface area contributed by atoms with Crippen LogP contribution >= 0.6 is 0 Å². The maximum absolute atomic E-state index is 13.2. The van der Waals surface area contributed by atoms with Crippen LogP contribution in [0.2, 0.25) is 0 Å². The van der Waals surface area contributed by atoms with Gasteiger partial charge in [-0.15, -0.1) is 0 Å². The molecule has 0 saturated carbocycles. The highest BCUT2D eigenvalue weighted by Gasteiger charge is 2.25. The second-order valence-electron chi connectivity index (χ2n) is 6.37. The van der Waals surface area contributed by atoms with Crippen LogP contribution in [0.4, 0.5) is 4.39 Å². The molecule has 26 heavy (non-hydrogen) atoms. The minimum Gasteiger partial charge on any atom is -0.354 e. The minimum atomic E-state index is -0.611. The molecule has 2 unspecified atom stereocenters. The minimum absolute atomic E-state index is 0.00293. The zero-order chi connectivity index (χ0) is 18.9. The van der Waals surface area contributed by atoms with Crippen molar-refractivity contribution in [2.24, 2.45) is 5.92 Å². The standard InChI is InChI=1S/C21H25FN2O2/c1-3-15(2)19(24-20(25)17-9-5-4-6-10-17)21(26)23-13-12-16-8-7-11-18(22)14-16/h4-11,14-15,19H,3,12-13H2,1-2H3,(H,23,26)(H,24,25). The van der Waals surface area contributed by atoms with Crippen molar-refractivity contribution in [3.63, 3.8) is 0 Å². The van der Waals surface area contributed by atoms with Crippen LogP contribution in [0, 0.1) is 11.7 Å². The molecule has 5 heteroatoms. The van der Waals surface area contributed by atoms with Gasteiger partial charge in [0.2, 0.25) is 5.91 Å². The van der Waals surface area contributed by atoms with Crippen molar-refractivity contribution in [2.45, 2.75) is 32.7 Å². The van der Waals surface area contributed by atoms with Crippen molar-refractivity contribution in [1.82, 2.24) is 10.6 Å². The van der Waals surface area contributed by atoms with Gasteiger partial charge in [-0.2, -0.15) is 0 Å². The second kappa shape index (κ2) is 9.70. The Labute approximate surface area is 153 Å². The van der Waals surface area contributed by atoms with Gasteiger partial charge in [-0.25, -0.2) is 4.39 Å². The molecule has 0 aliphatic carbocycles. The summed E-state index contributed by atoms with van der Waals surface area (Å²) in [5, 5.41) is 5.68. The van der Waals surface area contributed by atoms with Gasteiger partial charge in [-0.05, 0) is 42.2 Å². The summed E-state index contributed by atoms with van der Waals surface area (Å²) in [6.07, 6.45) is 1.29. The van der Waals surface area contributed by atoms with E-state index in [2.05, 4.69) is 10.6 Å². The fraction of sp³-hybridized carbons (Fsp3) is 0.333. The highest BCUT2D eigenvalue weighted by Crippen LogP contribution is 2.10. The molecule has 138 valence electrons. The molecule has 2 rings (SSSR count). The molecule has 0 fully saturated rings. The third kappa shape index (κ3) is 5.69. The van der Waals surface area contributed by atoms with E-state index in [-0.39, 0.29) is 23.5 Å². The summed E-state index contributed by atoms with van der Waals surface area (Å²) < 4.78 is 13.2. The molecule has 0 radical (unpaired) electrons. The second-order valence-corrected chi connectivity index (χ2v) is 6.37. The molecular weight excluding hydrogens is 331 g/mol. The van der Waals surface area contributed by atoms with Gasteiger partial charge in [-0.1, -0.05) is 50.6 Å². The summed E-state index contributed by atoms with van der Waals surface area (Å²) >= 11 is 0. The predicted octanol–water partition coefficient (Wildman–Crippen LogP) is 3.33. The van der Waals surface area contributed by atoms with Gasteiger partial charge in [-0.3, -0.25) is 9.59 Å². The van der Waals surface area contributed by atoms with E-state index in [1.165, 1.54) is 12.1 Å². The first kappa shape index (κ1) is 19.6. The Kier molecular flexibility index (Phi) is 7.33. The zero-order valence-corrected chi connectivity index (χ0v) is 15.2. The van der Waals surface area contributed by atoms with E-state index >= 15 is 0 Å². The highest BCUT2D eigenvalue weighted by atomic mass is 19.1. The smallest absolute Gasteiger partial charge is 0.251 e. The number of halogens is 1. The van der Waals surface area contributed by atoms with E-state index in [4.69, 9.17) is 0 Å². The Morgan fingerprint density at radius 2 is 1.81 bits per heavy atom. The Hall–Kier alpha value is -2.69. The van der Waals surface area contributed by atoms with Crippen molar-refractivity contribution < 1.29 is 14.0 Å². The summed E-state index contributed by atoms with van der Waals surface area (Å²) in [5.74, 6) is -0.783. The summed E-state index contributed by atoms with van der Waals surface area (Å²) in [5.41, 5.74) is 1.34. The van der Waals surface area contributed by atoms with E-state index in [9.17, 15) is 14.0 Å². The van der Waals surface area contributed by atoms with Crippen LogP contribution in [-0.2, 0) is 11.2 Å². The molecule has 2 aromatic carbocycles. The van der Waals surface area contributed by atoms with Crippen molar-refractivity contribution in [3.05, 3.63) is 71.5 Å². The largest absolute Gasteiger partial charge is 0.354 e. The topological polar surface area (TPSA) is 58.2 Å². The molecule has 0 spiro atoms. The lowest BCUT2D eigenvalue weighted by molar-refractivity contribution is -0.124. The van der Waals surface area contributed by atoms with Crippen LogP contribution in [0.1, 0.15) is 36.2 Å². The van der Waals surface area contributed by atoms with Crippen LogP contribution in [0.3, 0.4) is 0 Å². The number of carbonyl (C=O) groups is 2. The quantitative estimate of drug-likeness (QED) is 0.762. The van der Waals surface area contributed by atoms with Gasteiger partial charge in [0.05, 0.1) is 0 Å². The normalized spacial score (nSPS) is 12.9. The van der Waals surface area contributed by atoms with Crippen LogP contribution in [0.15, 0.2) is 54.6 Å². The number of carbonyl (C=O) groups excluding carboxylic acids is 2. The third-order valence-electron chi connectivity index (χ3n) is 4.42. The Balaban J connectivity index is 1.95. The predicted molar refractivity (Wildman–Crippen MR) is 100 cm³/mol. The molecule has 0 bridgehead atoms. The Morgan fingerprint density at radius 1 is 1.08 bits per heavy atom. The van der Waals surface area contributed by atoms with Crippen molar-refractivity contribution in [3.8, 4) is 0 Å². The Morgan fingerprint density at radius 3 is 2.46 bits per heavy atom. The van der Waals surface area contributed by atoms with E-state index in [0.29, 0.717) is 18.5 Å². The number of hydrogen-bond acceptors (Lipinski definition) is 2. The summed E-state index contributed by atoms with van der Waals surface area (Å²) in [6.45, 7) is 4.30. The molecular formula is C21H25FN2O2. The van der Waals surface area contributed by atoms with Gasteiger partial charge in [0, 0.05) is 12.1 Å².